The highest BCUT2D eigenvalue weighted by Crippen LogP contribution is 2.25. The Morgan fingerprint density at radius 3 is 2.62 bits per heavy atom. The van der Waals surface area contributed by atoms with Gasteiger partial charge < -0.3 is 15.5 Å². The lowest BCUT2D eigenvalue weighted by molar-refractivity contribution is -0.125. The van der Waals surface area contributed by atoms with Crippen LogP contribution in [0, 0.1) is 5.82 Å². The number of rotatable bonds is 4. The smallest absolute Gasteiger partial charge is 0.324 e. The number of nitrogens with zero attached hydrogens (tertiary/aromatic N) is 2. The van der Waals surface area contributed by atoms with Crippen LogP contribution in [-0.2, 0) is 11.3 Å². The van der Waals surface area contributed by atoms with Crippen molar-refractivity contribution in [3.63, 3.8) is 0 Å². The summed E-state index contributed by atoms with van der Waals surface area (Å²) in [6, 6.07) is 12.5. The summed E-state index contributed by atoms with van der Waals surface area (Å²) >= 11 is 0. The predicted octanol–water partition coefficient (Wildman–Crippen LogP) is 1.66. The molecule has 0 radical (unpaired) electrons. The number of imide groups is 1. The van der Waals surface area contributed by atoms with Gasteiger partial charge in [-0.3, -0.25) is 14.5 Å². The summed E-state index contributed by atoms with van der Waals surface area (Å²) in [7, 11) is 0. The van der Waals surface area contributed by atoms with Crippen LogP contribution >= 0.6 is 0 Å². The average molecular weight is 396 g/mol. The van der Waals surface area contributed by atoms with Gasteiger partial charge in [-0.25, -0.2) is 9.18 Å². The predicted molar refractivity (Wildman–Crippen MR) is 103 cm³/mol. The summed E-state index contributed by atoms with van der Waals surface area (Å²) in [6.07, 6.45) is 0. The fourth-order valence-electron chi connectivity index (χ4n) is 3.68. The minimum Gasteiger partial charge on any atom is -0.329 e. The van der Waals surface area contributed by atoms with Gasteiger partial charge in [-0.1, -0.05) is 24.3 Å². The van der Waals surface area contributed by atoms with E-state index < -0.39 is 6.03 Å². The number of carbonyl (C=O) groups excluding carboxylic acids is 3. The number of benzene rings is 2. The Labute approximate surface area is 167 Å². The van der Waals surface area contributed by atoms with E-state index in [1.54, 1.807) is 35.2 Å². The molecule has 2 aliphatic heterocycles. The number of urea groups is 1. The van der Waals surface area contributed by atoms with E-state index >= 15 is 0 Å². The van der Waals surface area contributed by atoms with Crippen LogP contribution in [0.3, 0.4) is 0 Å². The second-order valence-corrected chi connectivity index (χ2v) is 7.11. The van der Waals surface area contributed by atoms with Crippen molar-refractivity contribution < 1.29 is 18.8 Å². The number of nitrogens with one attached hydrogen (secondary N) is 2. The molecule has 0 aromatic heterocycles. The maximum absolute atomic E-state index is 13.7. The molecule has 2 fully saturated rings. The lowest BCUT2D eigenvalue weighted by Gasteiger charge is -2.36. The van der Waals surface area contributed by atoms with Gasteiger partial charge in [0.25, 0.3) is 5.91 Å². The van der Waals surface area contributed by atoms with Gasteiger partial charge >= 0.3 is 6.03 Å². The number of halogens is 1. The third-order valence-electron chi connectivity index (χ3n) is 5.22. The van der Waals surface area contributed by atoms with Crippen LogP contribution in [0.2, 0.25) is 0 Å². The Morgan fingerprint density at radius 1 is 1.14 bits per heavy atom. The molecule has 2 aliphatic rings. The van der Waals surface area contributed by atoms with Gasteiger partial charge in [0, 0.05) is 25.2 Å². The molecule has 2 aromatic carbocycles. The van der Waals surface area contributed by atoms with Crippen LogP contribution in [0.25, 0.3) is 0 Å². The zero-order chi connectivity index (χ0) is 20.4. The third-order valence-corrected chi connectivity index (χ3v) is 5.22. The fraction of sp³-hybridized carbons (Fsp3) is 0.286. The molecule has 4 amide bonds. The van der Waals surface area contributed by atoms with Crippen LogP contribution in [0.4, 0.5) is 9.18 Å². The molecule has 0 bridgehead atoms. The summed E-state index contributed by atoms with van der Waals surface area (Å²) in [4.78, 5) is 39.4. The molecule has 0 aliphatic carbocycles. The molecule has 2 N–H and O–H groups in total. The van der Waals surface area contributed by atoms with Crippen LogP contribution in [0.5, 0.6) is 0 Å². The van der Waals surface area contributed by atoms with Gasteiger partial charge in [-0.2, -0.15) is 0 Å². The van der Waals surface area contributed by atoms with Crippen molar-refractivity contribution in [1.29, 1.82) is 0 Å². The van der Waals surface area contributed by atoms with Gasteiger partial charge in [0.1, 0.15) is 5.82 Å². The molecule has 8 heteroatoms. The monoisotopic (exact) mass is 396 g/mol. The second kappa shape index (κ2) is 8.00. The van der Waals surface area contributed by atoms with Gasteiger partial charge in [-0.05, 0) is 35.4 Å². The van der Waals surface area contributed by atoms with Crippen LogP contribution < -0.4 is 10.6 Å². The number of carbonyl (C=O) groups is 3. The molecule has 150 valence electrons. The highest BCUT2D eigenvalue weighted by molar-refractivity contribution is 6.01. The quantitative estimate of drug-likeness (QED) is 0.771. The Kier molecular flexibility index (Phi) is 5.26. The zero-order valence-corrected chi connectivity index (χ0v) is 15.7. The van der Waals surface area contributed by atoms with E-state index in [9.17, 15) is 18.8 Å². The van der Waals surface area contributed by atoms with Crippen molar-refractivity contribution in [1.82, 2.24) is 20.4 Å². The Balaban J connectivity index is 1.50. The molecule has 2 aromatic rings. The van der Waals surface area contributed by atoms with Crippen LogP contribution in [0.15, 0.2) is 48.5 Å². The van der Waals surface area contributed by atoms with Crippen LogP contribution in [-0.4, -0.2) is 53.8 Å². The molecule has 2 heterocycles. The third kappa shape index (κ3) is 3.97. The van der Waals surface area contributed by atoms with E-state index in [1.807, 2.05) is 6.07 Å². The van der Waals surface area contributed by atoms with E-state index in [0.717, 1.165) is 16.0 Å². The molecular weight excluding hydrogens is 375 g/mol. The molecule has 1 unspecified atom stereocenters. The highest BCUT2D eigenvalue weighted by atomic mass is 19.1. The van der Waals surface area contributed by atoms with E-state index in [2.05, 4.69) is 10.6 Å². The Morgan fingerprint density at radius 2 is 1.93 bits per heavy atom. The number of hydrogen-bond acceptors (Lipinski definition) is 4. The molecule has 29 heavy (non-hydrogen) atoms. The molecule has 0 spiro atoms. The number of amides is 4. The molecule has 2 saturated heterocycles. The maximum Gasteiger partial charge on any atom is 0.324 e. The minimum absolute atomic E-state index is 0.0138. The SMILES string of the molecule is O=C1CNC(=O)N1Cc1ccc(C(=O)N2CCNCC2c2cccc(F)c2)cc1. The van der Waals surface area contributed by atoms with Crippen molar-refractivity contribution >= 4 is 17.8 Å². The largest absolute Gasteiger partial charge is 0.329 e. The van der Waals surface area contributed by atoms with Gasteiger partial charge in [0.05, 0.1) is 19.1 Å². The maximum atomic E-state index is 13.7. The van der Waals surface area contributed by atoms with Gasteiger partial charge in [0.2, 0.25) is 5.91 Å². The lowest BCUT2D eigenvalue weighted by atomic mass is 10.0. The van der Waals surface area contributed by atoms with E-state index in [0.29, 0.717) is 25.2 Å². The summed E-state index contributed by atoms with van der Waals surface area (Å²) in [5.41, 5.74) is 2.02. The highest BCUT2D eigenvalue weighted by Gasteiger charge is 2.30. The summed E-state index contributed by atoms with van der Waals surface area (Å²) < 4.78 is 13.7. The summed E-state index contributed by atoms with van der Waals surface area (Å²) in [6.45, 7) is 1.92. The second-order valence-electron chi connectivity index (χ2n) is 7.11. The first kappa shape index (κ1) is 19.1. The standard InChI is InChI=1S/C21H21FN4O3/c22-17-3-1-2-16(10-17)18-11-23-8-9-25(18)20(28)15-6-4-14(5-7-15)13-26-19(27)12-24-21(26)29/h1-7,10,18,23H,8-9,11-13H2,(H,24,29). The zero-order valence-electron chi connectivity index (χ0n) is 15.7. The first-order chi connectivity index (χ1) is 14.0. The normalized spacial score (nSPS) is 19.4. The molecule has 1 atom stereocenters. The van der Waals surface area contributed by atoms with E-state index in [4.69, 9.17) is 0 Å². The Bertz CT molecular complexity index is 931. The first-order valence-corrected chi connectivity index (χ1v) is 9.47. The van der Waals surface area contributed by atoms with Crippen LogP contribution in [0.1, 0.15) is 27.5 Å². The molecule has 4 rings (SSSR count). The van der Waals surface area contributed by atoms with E-state index in [1.165, 1.54) is 12.1 Å². The summed E-state index contributed by atoms with van der Waals surface area (Å²) in [5.74, 6) is -0.735. The van der Waals surface area contributed by atoms with Crippen molar-refractivity contribution in [2.75, 3.05) is 26.2 Å². The molecule has 0 saturated carbocycles. The topological polar surface area (TPSA) is 81.8 Å². The Hall–Kier alpha value is -3.26. The lowest BCUT2D eigenvalue weighted by Crippen LogP contribution is -2.48. The first-order valence-electron chi connectivity index (χ1n) is 9.47. The molecular formula is C21H21FN4O3. The molecule has 7 nitrogen and oxygen atoms in total. The number of piperazine rings is 1. The fourth-order valence-corrected chi connectivity index (χ4v) is 3.68. The van der Waals surface area contributed by atoms with Gasteiger partial charge in [-0.15, -0.1) is 0 Å². The average Bonchev–Trinajstić information content (AvgIpc) is 3.06. The van der Waals surface area contributed by atoms with Crippen molar-refractivity contribution in [3.8, 4) is 0 Å². The number of hydrogen-bond donors (Lipinski definition) is 2. The minimum atomic E-state index is -0.408. The van der Waals surface area contributed by atoms with E-state index in [-0.39, 0.29) is 36.8 Å². The van der Waals surface area contributed by atoms with Crippen molar-refractivity contribution in [2.45, 2.75) is 12.6 Å². The van der Waals surface area contributed by atoms with Gasteiger partial charge in [0.15, 0.2) is 0 Å². The summed E-state index contributed by atoms with van der Waals surface area (Å²) in [5, 5.41) is 5.74. The van der Waals surface area contributed by atoms with Crippen molar-refractivity contribution in [2.24, 2.45) is 0 Å². The van der Waals surface area contributed by atoms with Crippen molar-refractivity contribution in [3.05, 3.63) is 71.0 Å².